The van der Waals surface area contributed by atoms with E-state index in [-0.39, 0.29) is 16.6 Å². The SMILES string of the molecule is CC(c1ccc(Cl)cc1)N(C)c1ccc(C(N)=S)c(F)c1. The highest BCUT2D eigenvalue weighted by atomic mass is 35.5. The van der Waals surface area contributed by atoms with Crippen molar-refractivity contribution in [3.63, 3.8) is 0 Å². The maximum absolute atomic E-state index is 14.0. The molecule has 0 heterocycles. The average molecular weight is 323 g/mol. The van der Waals surface area contributed by atoms with Gasteiger partial charge in [0.2, 0.25) is 0 Å². The summed E-state index contributed by atoms with van der Waals surface area (Å²) < 4.78 is 14.0. The minimum absolute atomic E-state index is 0.0625. The number of hydrogen-bond donors (Lipinski definition) is 1. The molecule has 1 unspecified atom stereocenters. The largest absolute Gasteiger partial charge is 0.389 e. The molecule has 0 aromatic heterocycles. The second-order valence-electron chi connectivity index (χ2n) is 4.87. The van der Waals surface area contributed by atoms with Gasteiger partial charge in [0.25, 0.3) is 0 Å². The molecule has 2 N–H and O–H groups in total. The Morgan fingerprint density at radius 3 is 2.38 bits per heavy atom. The second kappa shape index (κ2) is 6.41. The van der Waals surface area contributed by atoms with E-state index in [1.54, 1.807) is 6.07 Å². The molecule has 2 rings (SSSR count). The van der Waals surface area contributed by atoms with Crippen LogP contribution < -0.4 is 10.6 Å². The summed E-state index contributed by atoms with van der Waals surface area (Å²) in [5.74, 6) is -0.407. The van der Waals surface area contributed by atoms with E-state index in [9.17, 15) is 4.39 Å². The zero-order valence-corrected chi connectivity index (χ0v) is 13.4. The minimum Gasteiger partial charge on any atom is -0.389 e. The number of nitrogens with two attached hydrogens (primary N) is 1. The molecule has 0 saturated carbocycles. The lowest BCUT2D eigenvalue weighted by molar-refractivity contribution is 0.623. The Kier molecular flexibility index (Phi) is 4.80. The highest BCUT2D eigenvalue weighted by Crippen LogP contribution is 2.27. The van der Waals surface area contributed by atoms with Crippen LogP contribution in [0.5, 0.6) is 0 Å². The van der Waals surface area contributed by atoms with Gasteiger partial charge in [0, 0.05) is 23.3 Å². The van der Waals surface area contributed by atoms with Crippen molar-refractivity contribution in [1.29, 1.82) is 0 Å². The Balaban J connectivity index is 2.27. The van der Waals surface area contributed by atoms with Crippen molar-refractivity contribution >= 4 is 34.5 Å². The van der Waals surface area contributed by atoms with E-state index in [4.69, 9.17) is 29.6 Å². The Labute approximate surface area is 134 Å². The van der Waals surface area contributed by atoms with Gasteiger partial charge in [-0.05, 0) is 42.8 Å². The van der Waals surface area contributed by atoms with Gasteiger partial charge in [0.05, 0.1) is 6.04 Å². The molecule has 110 valence electrons. The number of anilines is 1. The van der Waals surface area contributed by atoms with Gasteiger partial charge in [-0.1, -0.05) is 36.0 Å². The van der Waals surface area contributed by atoms with E-state index in [1.807, 2.05) is 49.2 Å². The van der Waals surface area contributed by atoms with Crippen LogP contribution in [0.15, 0.2) is 42.5 Å². The molecular formula is C16H16ClFN2S. The summed E-state index contributed by atoms with van der Waals surface area (Å²) in [5, 5.41) is 0.695. The maximum atomic E-state index is 14.0. The zero-order chi connectivity index (χ0) is 15.6. The molecule has 0 spiro atoms. The fourth-order valence-corrected chi connectivity index (χ4v) is 2.40. The summed E-state index contributed by atoms with van der Waals surface area (Å²) >= 11 is 10.7. The predicted molar refractivity (Wildman–Crippen MR) is 90.6 cm³/mol. The van der Waals surface area contributed by atoms with Gasteiger partial charge in [-0.3, -0.25) is 0 Å². The Hall–Kier alpha value is -1.65. The third-order valence-corrected chi connectivity index (χ3v) is 4.03. The Morgan fingerprint density at radius 2 is 1.86 bits per heavy atom. The molecule has 0 aliphatic carbocycles. The molecule has 2 aromatic carbocycles. The molecule has 0 radical (unpaired) electrons. The summed E-state index contributed by atoms with van der Waals surface area (Å²) in [4.78, 5) is 2.04. The van der Waals surface area contributed by atoms with Crippen LogP contribution in [-0.2, 0) is 0 Å². The molecule has 0 aliphatic rings. The fraction of sp³-hybridized carbons (Fsp3) is 0.188. The number of nitrogens with zero attached hydrogens (tertiary/aromatic N) is 1. The first-order valence-electron chi connectivity index (χ1n) is 6.48. The monoisotopic (exact) mass is 322 g/mol. The highest BCUT2D eigenvalue weighted by molar-refractivity contribution is 7.80. The quantitative estimate of drug-likeness (QED) is 0.850. The van der Waals surface area contributed by atoms with Crippen LogP contribution in [0.3, 0.4) is 0 Å². The lowest BCUT2D eigenvalue weighted by Gasteiger charge is -2.27. The molecule has 0 fully saturated rings. The summed E-state index contributed by atoms with van der Waals surface area (Å²) in [6.45, 7) is 2.04. The van der Waals surface area contributed by atoms with E-state index in [0.717, 1.165) is 11.3 Å². The third-order valence-electron chi connectivity index (χ3n) is 3.56. The normalized spacial score (nSPS) is 12.0. The molecule has 0 aliphatic heterocycles. The van der Waals surface area contributed by atoms with Gasteiger partial charge in [0.15, 0.2) is 0 Å². The Morgan fingerprint density at radius 1 is 1.24 bits per heavy atom. The topological polar surface area (TPSA) is 29.3 Å². The van der Waals surface area contributed by atoms with E-state index in [1.165, 1.54) is 6.07 Å². The van der Waals surface area contributed by atoms with Crippen LogP contribution in [0.1, 0.15) is 24.1 Å². The number of hydrogen-bond acceptors (Lipinski definition) is 2. The molecule has 0 bridgehead atoms. The van der Waals surface area contributed by atoms with Crippen LogP contribution >= 0.6 is 23.8 Å². The summed E-state index contributed by atoms with van der Waals surface area (Å²) in [6, 6.07) is 12.6. The van der Waals surface area contributed by atoms with Crippen LogP contribution in [0.2, 0.25) is 5.02 Å². The molecule has 2 aromatic rings. The first-order valence-corrected chi connectivity index (χ1v) is 7.26. The molecule has 21 heavy (non-hydrogen) atoms. The number of halogens is 2. The molecule has 5 heteroatoms. The van der Waals surface area contributed by atoms with Crippen molar-refractivity contribution in [3.05, 3.63) is 64.4 Å². The summed E-state index contributed by atoms with van der Waals surface area (Å²) in [6.07, 6.45) is 0. The van der Waals surface area contributed by atoms with Crippen molar-refractivity contribution < 1.29 is 4.39 Å². The molecular weight excluding hydrogens is 307 g/mol. The van der Waals surface area contributed by atoms with E-state index < -0.39 is 5.82 Å². The fourth-order valence-electron chi connectivity index (χ4n) is 2.11. The van der Waals surface area contributed by atoms with Gasteiger partial charge >= 0.3 is 0 Å². The van der Waals surface area contributed by atoms with Crippen molar-refractivity contribution in [2.45, 2.75) is 13.0 Å². The van der Waals surface area contributed by atoms with E-state index >= 15 is 0 Å². The van der Waals surface area contributed by atoms with Crippen molar-refractivity contribution in [1.82, 2.24) is 0 Å². The molecule has 0 saturated heterocycles. The predicted octanol–water partition coefficient (Wildman–Crippen LogP) is 4.31. The average Bonchev–Trinajstić information content (AvgIpc) is 2.46. The first-order chi connectivity index (χ1) is 9.90. The lowest BCUT2D eigenvalue weighted by atomic mass is 10.1. The molecule has 0 amide bonds. The van der Waals surface area contributed by atoms with Crippen LogP contribution in [0, 0.1) is 5.82 Å². The summed E-state index contributed by atoms with van der Waals surface area (Å²) in [5.41, 5.74) is 7.59. The standard InChI is InChI=1S/C16H16ClFN2S/c1-10(11-3-5-12(17)6-4-11)20(2)13-7-8-14(16(19)21)15(18)9-13/h3-10H,1-2H3,(H2,19,21). The smallest absolute Gasteiger partial charge is 0.135 e. The van der Waals surface area contributed by atoms with Crippen LogP contribution in [-0.4, -0.2) is 12.0 Å². The van der Waals surface area contributed by atoms with Gasteiger partial charge in [-0.2, -0.15) is 0 Å². The number of thiocarbonyl (C=S) groups is 1. The molecule has 2 nitrogen and oxygen atoms in total. The number of benzene rings is 2. The first kappa shape index (κ1) is 15.7. The van der Waals surface area contributed by atoms with Crippen LogP contribution in [0.25, 0.3) is 0 Å². The van der Waals surface area contributed by atoms with Gasteiger partial charge in [-0.15, -0.1) is 0 Å². The van der Waals surface area contributed by atoms with Gasteiger partial charge in [0.1, 0.15) is 10.8 Å². The Bertz CT molecular complexity index is 658. The van der Waals surface area contributed by atoms with Crippen molar-refractivity contribution in [2.75, 3.05) is 11.9 Å². The van der Waals surface area contributed by atoms with Crippen molar-refractivity contribution in [2.24, 2.45) is 5.73 Å². The zero-order valence-electron chi connectivity index (χ0n) is 11.8. The van der Waals surface area contributed by atoms with E-state index in [2.05, 4.69) is 0 Å². The third kappa shape index (κ3) is 3.52. The van der Waals surface area contributed by atoms with E-state index in [0.29, 0.717) is 5.02 Å². The van der Waals surface area contributed by atoms with Crippen molar-refractivity contribution in [3.8, 4) is 0 Å². The molecule has 1 atom stereocenters. The van der Waals surface area contributed by atoms with Gasteiger partial charge in [-0.25, -0.2) is 4.39 Å². The maximum Gasteiger partial charge on any atom is 0.135 e. The minimum atomic E-state index is -0.407. The number of rotatable bonds is 4. The highest BCUT2D eigenvalue weighted by Gasteiger charge is 2.14. The van der Waals surface area contributed by atoms with Crippen LogP contribution in [0.4, 0.5) is 10.1 Å². The van der Waals surface area contributed by atoms with Gasteiger partial charge < -0.3 is 10.6 Å². The second-order valence-corrected chi connectivity index (χ2v) is 5.74. The lowest BCUT2D eigenvalue weighted by Crippen LogP contribution is -2.22. The summed E-state index contributed by atoms with van der Waals surface area (Å²) in [7, 11) is 1.91.